The molecule has 1 amide bonds. The summed E-state index contributed by atoms with van der Waals surface area (Å²) in [5.41, 5.74) is 4.18. The summed E-state index contributed by atoms with van der Waals surface area (Å²) in [5.74, 6) is 1.96. The molecule has 4 rings (SSSR count). The normalized spacial score (nSPS) is 13.5. The highest BCUT2D eigenvalue weighted by Gasteiger charge is 2.24. The summed E-state index contributed by atoms with van der Waals surface area (Å²) in [4.78, 5) is 14.8. The van der Waals surface area contributed by atoms with Crippen LogP contribution in [0.1, 0.15) is 22.5 Å². The van der Waals surface area contributed by atoms with Crippen molar-refractivity contribution in [2.24, 2.45) is 0 Å². The number of carbonyl (C=O) groups excluding carboxylic acids is 1. The Bertz CT molecular complexity index is 1080. The lowest BCUT2D eigenvalue weighted by molar-refractivity contribution is 0.0767. The van der Waals surface area contributed by atoms with E-state index in [-0.39, 0.29) is 5.91 Å². The number of benzene rings is 2. The molecule has 160 valence electrons. The Morgan fingerprint density at radius 2 is 1.71 bits per heavy atom. The van der Waals surface area contributed by atoms with Gasteiger partial charge in [-0.25, -0.2) is 0 Å². The lowest BCUT2D eigenvalue weighted by Crippen LogP contribution is -2.35. The van der Waals surface area contributed by atoms with Crippen LogP contribution in [0, 0.1) is 0 Å². The topological polar surface area (TPSA) is 76.7 Å². The molecule has 7 heteroatoms. The predicted molar refractivity (Wildman–Crippen MR) is 119 cm³/mol. The van der Waals surface area contributed by atoms with Gasteiger partial charge in [0.1, 0.15) is 22.9 Å². The van der Waals surface area contributed by atoms with Gasteiger partial charge in [0.05, 0.1) is 32.6 Å². The van der Waals surface area contributed by atoms with Gasteiger partial charge in [-0.1, -0.05) is 36.4 Å². The minimum Gasteiger partial charge on any atom is -0.496 e. The summed E-state index contributed by atoms with van der Waals surface area (Å²) in [6.07, 6.45) is 2.73. The molecule has 2 aromatic carbocycles. The Labute approximate surface area is 181 Å². The molecular weight excluding hydrogens is 394 g/mol. The molecule has 0 saturated heterocycles. The number of hydrogen-bond acceptors (Lipinski definition) is 5. The highest BCUT2D eigenvalue weighted by Crippen LogP contribution is 2.41. The van der Waals surface area contributed by atoms with Crippen LogP contribution in [-0.2, 0) is 0 Å². The lowest BCUT2D eigenvalue weighted by Gasteiger charge is -2.27. The fourth-order valence-corrected chi connectivity index (χ4v) is 3.76. The van der Waals surface area contributed by atoms with Gasteiger partial charge in [-0.15, -0.1) is 0 Å². The number of ether oxygens (including phenoxy) is 3. The van der Waals surface area contributed by atoms with E-state index in [1.165, 1.54) is 0 Å². The number of nitrogens with one attached hydrogen (secondary N) is 1. The van der Waals surface area contributed by atoms with Crippen LogP contribution in [-0.4, -0.2) is 55.4 Å². The number of hydrogen-bond donors (Lipinski definition) is 1. The molecule has 3 aromatic rings. The van der Waals surface area contributed by atoms with Crippen molar-refractivity contribution in [1.82, 2.24) is 15.1 Å². The zero-order valence-electron chi connectivity index (χ0n) is 17.8. The van der Waals surface area contributed by atoms with Crippen LogP contribution in [0.5, 0.6) is 17.2 Å². The first-order valence-electron chi connectivity index (χ1n) is 10.0. The molecule has 7 nitrogen and oxygen atoms in total. The fraction of sp³-hybridized carbons (Fsp3) is 0.250. The van der Waals surface area contributed by atoms with Crippen LogP contribution in [0.3, 0.4) is 0 Å². The number of nitrogens with zero attached hydrogens (tertiary/aromatic N) is 2. The number of methoxy groups -OCH3 is 3. The first-order chi connectivity index (χ1) is 15.1. The van der Waals surface area contributed by atoms with Crippen LogP contribution in [0.4, 0.5) is 0 Å². The van der Waals surface area contributed by atoms with Gasteiger partial charge < -0.3 is 19.1 Å². The van der Waals surface area contributed by atoms with E-state index < -0.39 is 0 Å². The van der Waals surface area contributed by atoms with Crippen LogP contribution < -0.4 is 14.2 Å². The van der Waals surface area contributed by atoms with E-state index in [9.17, 15) is 4.79 Å². The highest BCUT2D eigenvalue weighted by molar-refractivity contribution is 5.94. The molecule has 1 N–H and O–H groups in total. The Hall–Kier alpha value is -3.74. The third-order valence-electron chi connectivity index (χ3n) is 5.41. The molecule has 0 atom stereocenters. The van der Waals surface area contributed by atoms with Gasteiger partial charge in [0.2, 0.25) is 0 Å². The summed E-state index contributed by atoms with van der Waals surface area (Å²) < 4.78 is 16.5. The Kier molecular flexibility index (Phi) is 5.93. The van der Waals surface area contributed by atoms with Gasteiger partial charge in [-0.05, 0) is 18.1 Å². The Morgan fingerprint density at radius 3 is 2.29 bits per heavy atom. The molecule has 0 radical (unpaired) electrons. The second-order valence-electron chi connectivity index (χ2n) is 7.17. The molecule has 31 heavy (non-hydrogen) atoms. The van der Waals surface area contributed by atoms with E-state index in [2.05, 4.69) is 10.2 Å². The minimum absolute atomic E-state index is 0.0707. The predicted octanol–water partition coefficient (Wildman–Crippen LogP) is 4.03. The van der Waals surface area contributed by atoms with Gasteiger partial charge in [-0.2, -0.15) is 5.10 Å². The van der Waals surface area contributed by atoms with E-state index in [4.69, 9.17) is 14.2 Å². The summed E-state index contributed by atoms with van der Waals surface area (Å²) in [7, 11) is 4.86. The van der Waals surface area contributed by atoms with Gasteiger partial charge in [0, 0.05) is 30.8 Å². The smallest absolute Gasteiger partial charge is 0.272 e. The first kappa shape index (κ1) is 20.5. The van der Waals surface area contributed by atoms with Crippen molar-refractivity contribution < 1.29 is 19.0 Å². The maximum absolute atomic E-state index is 13.0. The average molecular weight is 419 g/mol. The van der Waals surface area contributed by atoms with Crippen LogP contribution >= 0.6 is 0 Å². The van der Waals surface area contributed by atoms with Crippen molar-refractivity contribution in [3.63, 3.8) is 0 Å². The van der Waals surface area contributed by atoms with Crippen LogP contribution in [0.25, 0.3) is 16.8 Å². The van der Waals surface area contributed by atoms with E-state index in [0.29, 0.717) is 42.5 Å². The summed E-state index contributed by atoms with van der Waals surface area (Å²) in [5, 5.41) is 7.17. The number of H-pyrrole nitrogens is 1. The van der Waals surface area contributed by atoms with Crippen molar-refractivity contribution in [3.8, 4) is 28.5 Å². The number of carbonyl (C=O) groups is 1. The van der Waals surface area contributed by atoms with E-state index >= 15 is 0 Å². The van der Waals surface area contributed by atoms with Crippen molar-refractivity contribution in [2.75, 3.05) is 34.4 Å². The number of aromatic nitrogens is 2. The molecule has 0 saturated carbocycles. The summed E-state index contributed by atoms with van der Waals surface area (Å²) >= 11 is 0. The van der Waals surface area contributed by atoms with Gasteiger partial charge in [0.25, 0.3) is 5.91 Å². The fourth-order valence-electron chi connectivity index (χ4n) is 3.76. The highest BCUT2D eigenvalue weighted by atomic mass is 16.5. The van der Waals surface area contributed by atoms with Crippen LogP contribution in [0.2, 0.25) is 0 Å². The Balaban J connectivity index is 1.54. The lowest BCUT2D eigenvalue weighted by atomic mass is 9.97. The van der Waals surface area contributed by atoms with Crippen LogP contribution in [0.15, 0.2) is 54.6 Å². The third-order valence-corrected chi connectivity index (χ3v) is 5.41. The van der Waals surface area contributed by atoms with Crippen molar-refractivity contribution in [2.45, 2.75) is 6.42 Å². The van der Waals surface area contributed by atoms with E-state index in [1.54, 1.807) is 32.3 Å². The minimum atomic E-state index is -0.0707. The molecule has 0 unspecified atom stereocenters. The Morgan fingerprint density at radius 1 is 1.00 bits per heavy atom. The van der Waals surface area contributed by atoms with E-state index in [0.717, 1.165) is 22.4 Å². The van der Waals surface area contributed by atoms with Crippen molar-refractivity contribution in [1.29, 1.82) is 0 Å². The average Bonchev–Trinajstić information content (AvgIpc) is 3.33. The number of amides is 1. The molecular formula is C24H25N3O4. The molecule has 2 heterocycles. The SMILES string of the molecule is COc1cc(OC)c(C2=CCN(C(=O)c3cc(-c4ccccc4)n[nH]3)CC2)c(OC)c1. The zero-order chi connectivity index (χ0) is 21.8. The molecule has 0 fully saturated rings. The first-order valence-corrected chi connectivity index (χ1v) is 10.0. The summed E-state index contributed by atoms with van der Waals surface area (Å²) in [6.45, 7) is 1.08. The second-order valence-corrected chi connectivity index (χ2v) is 7.17. The standard InChI is InChI=1S/C24H25N3O4/c1-29-18-13-21(30-2)23(22(14-18)31-3)17-9-11-27(12-10-17)24(28)20-15-19(25-26-20)16-7-5-4-6-8-16/h4-9,13-15H,10-12H2,1-3H3,(H,25,26). The largest absolute Gasteiger partial charge is 0.496 e. The third kappa shape index (κ3) is 4.12. The molecule has 1 aliphatic rings. The van der Waals surface area contributed by atoms with E-state index in [1.807, 2.05) is 48.5 Å². The van der Waals surface area contributed by atoms with Gasteiger partial charge >= 0.3 is 0 Å². The summed E-state index contributed by atoms with van der Waals surface area (Å²) in [6, 6.07) is 15.3. The zero-order valence-corrected chi connectivity index (χ0v) is 17.8. The maximum Gasteiger partial charge on any atom is 0.272 e. The molecule has 0 aliphatic carbocycles. The quantitative estimate of drug-likeness (QED) is 0.653. The van der Waals surface area contributed by atoms with Crippen molar-refractivity contribution >= 4 is 11.5 Å². The van der Waals surface area contributed by atoms with Gasteiger partial charge in [0.15, 0.2) is 0 Å². The van der Waals surface area contributed by atoms with Gasteiger partial charge in [-0.3, -0.25) is 9.89 Å². The number of rotatable bonds is 6. The molecule has 0 spiro atoms. The monoisotopic (exact) mass is 419 g/mol. The molecule has 0 bridgehead atoms. The molecule has 1 aromatic heterocycles. The maximum atomic E-state index is 13.0. The van der Waals surface area contributed by atoms with Crippen molar-refractivity contribution in [3.05, 3.63) is 65.9 Å². The number of aromatic amines is 1. The second kappa shape index (κ2) is 8.95. The molecule has 1 aliphatic heterocycles.